The fraction of sp³-hybridized carbons (Fsp3) is 0.286. The Morgan fingerprint density at radius 3 is 2.55 bits per heavy atom. The van der Waals surface area contributed by atoms with E-state index in [0.29, 0.717) is 0 Å². The summed E-state index contributed by atoms with van der Waals surface area (Å²) in [5, 5.41) is 11.5. The van der Waals surface area contributed by atoms with Crippen LogP contribution < -0.4 is 5.32 Å². The van der Waals surface area contributed by atoms with E-state index in [1.165, 1.54) is 0 Å². The third-order valence-corrected chi connectivity index (χ3v) is 1.76. The normalized spacial score (nSPS) is 26.5. The summed E-state index contributed by atoms with van der Waals surface area (Å²) in [7, 11) is 0. The van der Waals surface area contributed by atoms with Crippen LogP contribution in [0.3, 0.4) is 0 Å². The summed E-state index contributed by atoms with van der Waals surface area (Å²) >= 11 is 5.57. The first kappa shape index (κ1) is 10.3. The van der Waals surface area contributed by atoms with Gasteiger partial charge >= 0.3 is 0 Å². The number of hydrogen-bond acceptors (Lipinski definition) is 2. The van der Waals surface area contributed by atoms with Crippen molar-refractivity contribution >= 4 is 24.0 Å². The Balaban J connectivity index is 0.000001000. The van der Waals surface area contributed by atoms with E-state index < -0.39 is 5.54 Å². The SMILES string of the molecule is Cl.N#CC1(CCl)C=CC=CN1. The first-order chi connectivity index (χ1) is 4.83. The van der Waals surface area contributed by atoms with Crippen molar-refractivity contribution in [1.29, 1.82) is 5.26 Å². The van der Waals surface area contributed by atoms with Gasteiger partial charge < -0.3 is 5.32 Å². The maximum absolute atomic E-state index is 8.66. The molecule has 1 unspecified atom stereocenters. The van der Waals surface area contributed by atoms with Crippen LogP contribution in [0.25, 0.3) is 0 Å². The van der Waals surface area contributed by atoms with Gasteiger partial charge in [0.15, 0.2) is 5.54 Å². The van der Waals surface area contributed by atoms with Crippen LogP contribution in [-0.2, 0) is 0 Å². The second-order valence-corrected chi connectivity index (χ2v) is 2.35. The molecule has 0 spiro atoms. The average Bonchev–Trinajstić information content (AvgIpc) is 2.06. The predicted octanol–water partition coefficient (Wildman–Crippen LogP) is 1.58. The monoisotopic (exact) mass is 190 g/mol. The Morgan fingerprint density at radius 2 is 2.27 bits per heavy atom. The highest BCUT2D eigenvalue weighted by Crippen LogP contribution is 2.11. The molecule has 1 aliphatic heterocycles. The van der Waals surface area contributed by atoms with Gasteiger partial charge in [-0.15, -0.1) is 24.0 Å². The first-order valence-electron chi connectivity index (χ1n) is 2.92. The lowest BCUT2D eigenvalue weighted by atomic mass is 10.0. The van der Waals surface area contributed by atoms with Crippen LogP contribution in [-0.4, -0.2) is 11.4 Å². The summed E-state index contributed by atoms with van der Waals surface area (Å²) in [5.41, 5.74) is -0.684. The van der Waals surface area contributed by atoms with Gasteiger partial charge in [-0.2, -0.15) is 5.26 Å². The van der Waals surface area contributed by atoms with E-state index in [9.17, 15) is 0 Å². The zero-order valence-electron chi connectivity index (χ0n) is 5.75. The maximum Gasteiger partial charge on any atom is 0.157 e. The van der Waals surface area contributed by atoms with E-state index >= 15 is 0 Å². The van der Waals surface area contributed by atoms with Crippen LogP contribution in [0.5, 0.6) is 0 Å². The minimum absolute atomic E-state index is 0. The molecule has 0 bridgehead atoms. The summed E-state index contributed by atoms with van der Waals surface area (Å²) in [6.45, 7) is 0. The zero-order valence-corrected chi connectivity index (χ0v) is 7.32. The largest absolute Gasteiger partial charge is 0.369 e. The third kappa shape index (κ3) is 2.14. The number of dihydropyridines is 1. The Morgan fingerprint density at radius 1 is 1.55 bits per heavy atom. The van der Waals surface area contributed by atoms with Gasteiger partial charge in [-0.3, -0.25) is 0 Å². The summed E-state index contributed by atoms with van der Waals surface area (Å²) in [4.78, 5) is 0. The number of halogens is 2. The second kappa shape index (κ2) is 4.27. The number of nitrogens with one attached hydrogen (secondary N) is 1. The molecule has 0 amide bonds. The molecule has 0 saturated carbocycles. The Labute approximate surface area is 76.9 Å². The van der Waals surface area contributed by atoms with Crippen LogP contribution in [0.1, 0.15) is 0 Å². The molecule has 1 heterocycles. The van der Waals surface area contributed by atoms with Crippen molar-refractivity contribution in [2.75, 3.05) is 5.88 Å². The average molecular weight is 191 g/mol. The van der Waals surface area contributed by atoms with E-state index in [2.05, 4.69) is 11.4 Å². The smallest absolute Gasteiger partial charge is 0.157 e. The van der Waals surface area contributed by atoms with Crippen LogP contribution in [0.15, 0.2) is 24.4 Å². The molecule has 11 heavy (non-hydrogen) atoms. The lowest BCUT2D eigenvalue weighted by Gasteiger charge is -2.21. The molecular formula is C7H8Cl2N2. The number of alkyl halides is 1. The molecule has 1 atom stereocenters. The molecule has 60 valence electrons. The van der Waals surface area contributed by atoms with Crippen molar-refractivity contribution < 1.29 is 0 Å². The standard InChI is InChI=1S/C7H7ClN2.ClH/c8-5-7(6-9)3-1-2-4-10-7;/h1-4,10H,5H2;1H. The van der Waals surface area contributed by atoms with Crippen LogP contribution >= 0.6 is 24.0 Å². The number of rotatable bonds is 1. The molecule has 0 aliphatic carbocycles. The third-order valence-electron chi connectivity index (χ3n) is 1.34. The van der Waals surface area contributed by atoms with Crippen LogP contribution in [0.2, 0.25) is 0 Å². The molecule has 2 nitrogen and oxygen atoms in total. The predicted molar refractivity (Wildman–Crippen MR) is 47.7 cm³/mol. The van der Waals surface area contributed by atoms with Gasteiger partial charge in [0, 0.05) is 0 Å². The van der Waals surface area contributed by atoms with E-state index in [0.717, 1.165) is 0 Å². The minimum atomic E-state index is -0.684. The summed E-state index contributed by atoms with van der Waals surface area (Å²) in [6.07, 6.45) is 7.09. The minimum Gasteiger partial charge on any atom is -0.369 e. The van der Waals surface area contributed by atoms with Crippen molar-refractivity contribution in [2.24, 2.45) is 0 Å². The molecule has 0 aromatic rings. The second-order valence-electron chi connectivity index (χ2n) is 2.08. The van der Waals surface area contributed by atoms with Gasteiger partial charge in [-0.05, 0) is 18.4 Å². The van der Waals surface area contributed by atoms with Gasteiger partial charge in [-0.1, -0.05) is 6.08 Å². The van der Waals surface area contributed by atoms with Gasteiger partial charge in [0.25, 0.3) is 0 Å². The number of hydrogen-bond donors (Lipinski definition) is 1. The lowest BCUT2D eigenvalue weighted by molar-refractivity contribution is 0.632. The van der Waals surface area contributed by atoms with Crippen LogP contribution in [0, 0.1) is 11.3 Å². The van der Waals surface area contributed by atoms with Crippen molar-refractivity contribution in [3.63, 3.8) is 0 Å². The van der Waals surface area contributed by atoms with Crippen molar-refractivity contribution in [1.82, 2.24) is 5.32 Å². The van der Waals surface area contributed by atoms with Crippen molar-refractivity contribution in [3.8, 4) is 6.07 Å². The molecule has 0 aromatic carbocycles. The molecule has 0 radical (unpaired) electrons. The van der Waals surface area contributed by atoms with E-state index in [4.69, 9.17) is 16.9 Å². The Bertz CT molecular complexity index is 217. The summed E-state index contributed by atoms with van der Waals surface area (Å²) in [6, 6.07) is 2.09. The molecule has 0 aromatic heterocycles. The fourth-order valence-electron chi connectivity index (χ4n) is 0.703. The maximum atomic E-state index is 8.66. The fourth-order valence-corrected chi connectivity index (χ4v) is 0.929. The van der Waals surface area contributed by atoms with Crippen LogP contribution in [0.4, 0.5) is 0 Å². The van der Waals surface area contributed by atoms with E-state index in [1.54, 1.807) is 12.3 Å². The molecular weight excluding hydrogens is 183 g/mol. The topological polar surface area (TPSA) is 35.8 Å². The molecule has 1 rings (SSSR count). The lowest BCUT2D eigenvalue weighted by Crippen LogP contribution is -2.41. The van der Waals surface area contributed by atoms with Gasteiger partial charge in [0.1, 0.15) is 0 Å². The van der Waals surface area contributed by atoms with Crippen molar-refractivity contribution in [3.05, 3.63) is 24.4 Å². The highest BCUT2D eigenvalue weighted by molar-refractivity contribution is 6.19. The quantitative estimate of drug-likeness (QED) is 0.638. The van der Waals surface area contributed by atoms with Gasteiger partial charge in [-0.25, -0.2) is 0 Å². The number of allylic oxidation sites excluding steroid dienone is 2. The Hall–Kier alpha value is -0.650. The van der Waals surface area contributed by atoms with E-state index in [1.807, 2.05) is 12.2 Å². The Kier molecular flexibility index (Phi) is 4.02. The number of nitrogens with zero attached hydrogens (tertiary/aromatic N) is 1. The summed E-state index contributed by atoms with van der Waals surface area (Å²) in [5.74, 6) is 0.268. The van der Waals surface area contributed by atoms with Gasteiger partial charge in [0.2, 0.25) is 0 Å². The molecule has 0 fully saturated rings. The molecule has 4 heteroatoms. The molecule has 1 N–H and O–H groups in total. The number of nitriles is 1. The highest BCUT2D eigenvalue weighted by Gasteiger charge is 2.24. The molecule has 0 saturated heterocycles. The van der Waals surface area contributed by atoms with Crippen molar-refractivity contribution in [2.45, 2.75) is 5.54 Å². The van der Waals surface area contributed by atoms with E-state index in [-0.39, 0.29) is 18.3 Å². The highest BCUT2D eigenvalue weighted by atomic mass is 35.5. The summed E-state index contributed by atoms with van der Waals surface area (Å²) < 4.78 is 0. The first-order valence-corrected chi connectivity index (χ1v) is 3.46. The van der Waals surface area contributed by atoms with Gasteiger partial charge in [0.05, 0.1) is 11.9 Å². The molecule has 1 aliphatic rings. The zero-order chi connectivity index (χ0) is 7.45.